The molecule has 0 saturated carbocycles. The average molecular weight is 208 g/mol. The second kappa shape index (κ2) is 4.65. The molecule has 0 aromatic rings. The molecule has 4 nitrogen and oxygen atoms in total. The third-order valence-corrected chi connectivity index (χ3v) is 2.32. The van der Waals surface area contributed by atoms with Gasteiger partial charge in [-0.1, -0.05) is 0 Å². The number of amides is 1. The summed E-state index contributed by atoms with van der Waals surface area (Å²) in [7, 11) is 0. The summed E-state index contributed by atoms with van der Waals surface area (Å²) in [5, 5.41) is 14.9. The predicted molar refractivity (Wildman–Crippen MR) is 46.1 cm³/mol. The minimum absolute atomic E-state index is 0.0994. The molecule has 0 unspecified atom stereocenters. The van der Waals surface area contributed by atoms with Crippen LogP contribution in [0.2, 0.25) is 0 Å². The number of rotatable bonds is 3. The Balaban J connectivity index is 2.32. The molecule has 1 amide bonds. The maximum Gasteiger partial charge on any atom is 0.315 e. The minimum atomic E-state index is -3.01. The number of carbonyl (C=O) groups is 1. The molecule has 0 aliphatic carbocycles. The molecule has 0 aromatic heterocycles. The Hall–Kier alpha value is -0.750. The Kier molecular flexibility index (Phi) is 3.77. The van der Waals surface area contributed by atoms with Crippen molar-refractivity contribution in [3.8, 4) is 0 Å². The highest BCUT2D eigenvalue weighted by molar-refractivity contribution is 5.79. The molecule has 1 rings (SSSR count). The molecule has 0 bridgehead atoms. The van der Waals surface area contributed by atoms with Gasteiger partial charge in [0.15, 0.2) is 0 Å². The number of aliphatic hydroxyl groups is 1. The molecular formula is C8H14F2N2O2. The molecule has 14 heavy (non-hydrogen) atoms. The largest absolute Gasteiger partial charge is 0.388 e. The van der Waals surface area contributed by atoms with Crippen LogP contribution in [0.4, 0.5) is 8.78 Å². The second-order valence-corrected chi connectivity index (χ2v) is 3.49. The number of nitrogens with one attached hydrogen (secondary N) is 2. The number of hydrogen-bond acceptors (Lipinski definition) is 3. The lowest BCUT2D eigenvalue weighted by molar-refractivity contribution is -0.133. The summed E-state index contributed by atoms with van der Waals surface area (Å²) in [6.45, 7) is 1.18. The van der Waals surface area contributed by atoms with Crippen LogP contribution in [-0.2, 0) is 4.79 Å². The standard InChI is InChI=1S/C8H14F2N2O2/c9-6(10)7(13)12-5-8(14)1-3-11-4-2-8/h6,11,14H,1-5H2,(H,12,13). The van der Waals surface area contributed by atoms with E-state index in [0.717, 1.165) is 0 Å². The Morgan fingerprint density at radius 2 is 2.07 bits per heavy atom. The van der Waals surface area contributed by atoms with E-state index in [4.69, 9.17) is 0 Å². The third-order valence-electron chi connectivity index (χ3n) is 2.32. The van der Waals surface area contributed by atoms with Crippen LogP contribution in [0.3, 0.4) is 0 Å². The lowest BCUT2D eigenvalue weighted by atomic mass is 9.92. The molecular weight excluding hydrogens is 194 g/mol. The zero-order valence-electron chi connectivity index (χ0n) is 7.72. The van der Waals surface area contributed by atoms with Crippen LogP contribution in [0.5, 0.6) is 0 Å². The van der Waals surface area contributed by atoms with Crippen LogP contribution < -0.4 is 10.6 Å². The van der Waals surface area contributed by atoms with Crippen LogP contribution in [0.1, 0.15) is 12.8 Å². The number of alkyl halides is 2. The summed E-state index contributed by atoms with van der Waals surface area (Å²) in [6, 6.07) is 0. The molecule has 1 heterocycles. The molecule has 0 radical (unpaired) electrons. The van der Waals surface area contributed by atoms with Gasteiger partial charge in [0, 0.05) is 6.54 Å². The summed E-state index contributed by atoms with van der Waals surface area (Å²) < 4.78 is 23.6. The van der Waals surface area contributed by atoms with Gasteiger partial charge >= 0.3 is 6.43 Å². The molecule has 0 spiro atoms. The van der Waals surface area contributed by atoms with Crippen molar-refractivity contribution in [3.05, 3.63) is 0 Å². The van der Waals surface area contributed by atoms with Gasteiger partial charge in [-0.25, -0.2) is 0 Å². The molecule has 3 N–H and O–H groups in total. The van der Waals surface area contributed by atoms with Crippen molar-refractivity contribution in [2.75, 3.05) is 19.6 Å². The van der Waals surface area contributed by atoms with Gasteiger partial charge < -0.3 is 15.7 Å². The van der Waals surface area contributed by atoms with Crippen molar-refractivity contribution in [2.24, 2.45) is 0 Å². The van der Waals surface area contributed by atoms with E-state index in [0.29, 0.717) is 25.9 Å². The van der Waals surface area contributed by atoms with Crippen molar-refractivity contribution >= 4 is 5.91 Å². The number of halogens is 2. The third kappa shape index (κ3) is 3.19. The summed E-state index contributed by atoms with van der Waals surface area (Å²) in [6.07, 6.45) is -2.08. The lowest BCUT2D eigenvalue weighted by Gasteiger charge is -2.32. The zero-order valence-corrected chi connectivity index (χ0v) is 7.72. The quantitative estimate of drug-likeness (QED) is 0.585. The van der Waals surface area contributed by atoms with Crippen LogP contribution in [0, 0.1) is 0 Å². The second-order valence-electron chi connectivity index (χ2n) is 3.49. The monoisotopic (exact) mass is 208 g/mol. The highest BCUT2D eigenvalue weighted by atomic mass is 19.3. The van der Waals surface area contributed by atoms with Crippen molar-refractivity contribution < 1.29 is 18.7 Å². The van der Waals surface area contributed by atoms with Gasteiger partial charge in [-0.15, -0.1) is 0 Å². The van der Waals surface area contributed by atoms with Crippen molar-refractivity contribution in [2.45, 2.75) is 24.9 Å². The van der Waals surface area contributed by atoms with Crippen LogP contribution >= 0.6 is 0 Å². The normalized spacial score (nSPS) is 20.9. The molecule has 6 heteroatoms. The molecule has 0 aromatic carbocycles. The molecule has 1 fully saturated rings. The Bertz CT molecular complexity index is 206. The molecule has 0 atom stereocenters. The van der Waals surface area contributed by atoms with E-state index in [1.165, 1.54) is 0 Å². The number of hydrogen-bond donors (Lipinski definition) is 3. The summed E-state index contributed by atoms with van der Waals surface area (Å²) in [5.74, 6) is -1.32. The fourth-order valence-electron chi connectivity index (χ4n) is 1.40. The van der Waals surface area contributed by atoms with Crippen LogP contribution in [-0.4, -0.2) is 42.7 Å². The van der Waals surface area contributed by atoms with Gasteiger partial charge in [-0.3, -0.25) is 4.79 Å². The Morgan fingerprint density at radius 3 is 2.57 bits per heavy atom. The summed E-state index contributed by atoms with van der Waals surface area (Å²) >= 11 is 0. The first-order valence-corrected chi connectivity index (χ1v) is 4.52. The van der Waals surface area contributed by atoms with Crippen LogP contribution in [0.25, 0.3) is 0 Å². The molecule has 1 saturated heterocycles. The lowest BCUT2D eigenvalue weighted by Crippen LogP contribution is -2.50. The van der Waals surface area contributed by atoms with Gasteiger partial charge in [0.1, 0.15) is 0 Å². The first-order valence-electron chi connectivity index (χ1n) is 4.52. The van der Waals surface area contributed by atoms with E-state index in [1.54, 1.807) is 0 Å². The van der Waals surface area contributed by atoms with Crippen molar-refractivity contribution in [1.82, 2.24) is 10.6 Å². The fraction of sp³-hybridized carbons (Fsp3) is 0.875. The highest BCUT2D eigenvalue weighted by Gasteiger charge is 2.30. The van der Waals surface area contributed by atoms with E-state index in [-0.39, 0.29) is 6.54 Å². The number of piperidine rings is 1. The average Bonchev–Trinajstić information content (AvgIpc) is 2.15. The van der Waals surface area contributed by atoms with Gasteiger partial charge in [0.2, 0.25) is 0 Å². The smallest absolute Gasteiger partial charge is 0.315 e. The minimum Gasteiger partial charge on any atom is -0.388 e. The zero-order chi connectivity index (χ0) is 10.6. The predicted octanol–water partition coefficient (Wildman–Crippen LogP) is -0.518. The maximum absolute atomic E-state index is 11.8. The first-order chi connectivity index (χ1) is 6.53. The van der Waals surface area contributed by atoms with Crippen molar-refractivity contribution in [1.29, 1.82) is 0 Å². The van der Waals surface area contributed by atoms with Crippen molar-refractivity contribution in [3.63, 3.8) is 0 Å². The van der Waals surface area contributed by atoms with E-state index in [2.05, 4.69) is 5.32 Å². The van der Waals surface area contributed by atoms with Gasteiger partial charge in [0.25, 0.3) is 5.91 Å². The topological polar surface area (TPSA) is 61.4 Å². The number of carbonyl (C=O) groups excluding carboxylic acids is 1. The highest BCUT2D eigenvalue weighted by Crippen LogP contribution is 2.16. The fourth-order valence-corrected chi connectivity index (χ4v) is 1.40. The van der Waals surface area contributed by atoms with E-state index >= 15 is 0 Å². The first kappa shape index (κ1) is 11.3. The van der Waals surface area contributed by atoms with E-state index in [9.17, 15) is 18.7 Å². The van der Waals surface area contributed by atoms with Crippen LogP contribution in [0.15, 0.2) is 0 Å². The Morgan fingerprint density at radius 1 is 1.50 bits per heavy atom. The van der Waals surface area contributed by atoms with Gasteiger partial charge in [-0.05, 0) is 25.9 Å². The molecule has 1 aliphatic heterocycles. The summed E-state index contributed by atoms with van der Waals surface area (Å²) in [4.78, 5) is 10.5. The van der Waals surface area contributed by atoms with E-state index < -0.39 is 17.9 Å². The summed E-state index contributed by atoms with van der Waals surface area (Å²) in [5.41, 5.74) is -1.03. The molecule has 82 valence electrons. The molecule has 1 aliphatic rings. The van der Waals surface area contributed by atoms with E-state index in [1.807, 2.05) is 5.32 Å². The maximum atomic E-state index is 11.8. The SMILES string of the molecule is O=C(NCC1(O)CCNCC1)C(F)F. The Labute approximate surface area is 80.7 Å². The van der Waals surface area contributed by atoms with Gasteiger partial charge in [-0.2, -0.15) is 8.78 Å². The van der Waals surface area contributed by atoms with Gasteiger partial charge in [0.05, 0.1) is 5.60 Å².